The molecule has 0 aromatic carbocycles. The van der Waals surface area contributed by atoms with Gasteiger partial charge in [-0.25, -0.2) is 0 Å². The Labute approximate surface area is 100 Å². The lowest BCUT2D eigenvalue weighted by Crippen LogP contribution is -2.08. The normalized spacial score (nSPS) is 12.7. The second kappa shape index (κ2) is 10.5. The topological polar surface area (TPSA) is 17.1 Å². The molecule has 0 aromatic heterocycles. The highest BCUT2D eigenvalue weighted by molar-refractivity contribution is 7.96. The molecule has 0 heterocycles. The van der Waals surface area contributed by atoms with Crippen molar-refractivity contribution >= 4 is 17.7 Å². The van der Waals surface area contributed by atoms with Crippen molar-refractivity contribution in [1.82, 2.24) is 0 Å². The first-order valence-electron chi connectivity index (χ1n) is 6.45. The van der Waals surface area contributed by atoms with E-state index in [1.807, 2.05) is 0 Å². The highest BCUT2D eigenvalue weighted by atomic mass is 32.1. The molecule has 0 aromatic rings. The van der Waals surface area contributed by atoms with Gasteiger partial charge in [-0.1, -0.05) is 58.8 Å². The minimum Gasteiger partial charge on any atom is -0.287 e. The number of thiol groups is 1. The van der Waals surface area contributed by atoms with Crippen LogP contribution in [0.2, 0.25) is 0 Å². The molecule has 0 amide bonds. The van der Waals surface area contributed by atoms with Crippen LogP contribution < -0.4 is 0 Å². The lowest BCUT2D eigenvalue weighted by atomic mass is 9.97. The Balaban J connectivity index is 3.41. The van der Waals surface area contributed by atoms with E-state index >= 15 is 0 Å². The predicted molar refractivity (Wildman–Crippen MR) is 70.4 cm³/mol. The number of hydrogen-bond acceptors (Lipinski definition) is 1. The molecule has 0 saturated carbocycles. The summed E-state index contributed by atoms with van der Waals surface area (Å²) in [5.41, 5.74) is 0. The molecule has 0 fully saturated rings. The van der Waals surface area contributed by atoms with Gasteiger partial charge in [0.05, 0.1) is 0 Å². The Hall–Kier alpha value is 0.0200. The summed E-state index contributed by atoms with van der Waals surface area (Å²) in [6.07, 6.45) is 10.9. The van der Waals surface area contributed by atoms with E-state index in [4.69, 9.17) is 0 Å². The molecule has 1 unspecified atom stereocenters. The molecule has 0 bridgehead atoms. The fraction of sp³-hybridized carbons (Fsp3) is 0.923. The van der Waals surface area contributed by atoms with Crippen molar-refractivity contribution < 1.29 is 4.79 Å². The molecular formula is C13H26OS. The summed E-state index contributed by atoms with van der Waals surface area (Å²) in [6, 6.07) is 0. The molecule has 15 heavy (non-hydrogen) atoms. The van der Waals surface area contributed by atoms with Gasteiger partial charge in [0.1, 0.15) is 0 Å². The third-order valence-electron chi connectivity index (χ3n) is 2.89. The van der Waals surface area contributed by atoms with Crippen molar-refractivity contribution in [2.45, 2.75) is 71.6 Å². The maximum absolute atomic E-state index is 11.2. The molecule has 0 saturated heterocycles. The molecule has 0 aliphatic heterocycles. The average molecular weight is 230 g/mol. The van der Waals surface area contributed by atoms with Crippen LogP contribution >= 0.6 is 12.6 Å². The van der Waals surface area contributed by atoms with Crippen molar-refractivity contribution in [2.24, 2.45) is 5.92 Å². The van der Waals surface area contributed by atoms with Gasteiger partial charge in [0.15, 0.2) is 5.12 Å². The van der Waals surface area contributed by atoms with E-state index in [2.05, 4.69) is 26.5 Å². The zero-order valence-electron chi connectivity index (χ0n) is 10.3. The van der Waals surface area contributed by atoms with E-state index in [-0.39, 0.29) is 11.0 Å². The smallest absolute Gasteiger partial charge is 0.188 e. The van der Waals surface area contributed by atoms with Gasteiger partial charge in [0, 0.05) is 5.92 Å². The molecule has 90 valence electrons. The van der Waals surface area contributed by atoms with Crippen LogP contribution in [0.5, 0.6) is 0 Å². The van der Waals surface area contributed by atoms with Crippen molar-refractivity contribution in [1.29, 1.82) is 0 Å². The van der Waals surface area contributed by atoms with Crippen LogP contribution in [0.15, 0.2) is 0 Å². The zero-order chi connectivity index (χ0) is 11.5. The van der Waals surface area contributed by atoms with Crippen LogP contribution in [0.25, 0.3) is 0 Å². The summed E-state index contributed by atoms with van der Waals surface area (Å²) in [7, 11) is 0. The largest absolute Gasteiger partial charge is 0.287 e. The molecule has 1 nitrogen and oxygen atoms in total. The van der Waals surface area contributed by atoms with Crippen LogP contribution in [0.4, 0.5) is 0 Å². The van der Waals surface area contributed by atoms with Gasteiger partial charge < -0.3 is 0 Å². The highest BCUT2D eigenvalue weighted by Crippen LogP contribution is 2.18. The van der Waals surface area contributed by atoms with Gasteiger partial charge in [-0.2, -0.15) is 0 Å². The van der Waals surface area contributed by atoms with Crippen LogP contribution in [-0.2, 0) is 4.79 Å². The molecule has 1 atom stereocenters. The lowest BCUT2D eigenvalue weighted by molar-refractivity contribution is -0.114. The van der Waals surface area contributed by atoms with Gasteiger partial charge in [-0.3, -0.25) is 4.79 Å². The van der Waals surface area contributed by atoms with Crippen molar-refractivity contribution in [3.05, 3.63) is 0 Å². The lowest BCUT2D eigenvalue weighted by Gasteiger charge is -2.11. The fourth-order valence-electron chi connectivity index (χ4n) is 1.91. The predicted octanol–water partition coefficient (Wildman–Crippen LogP) is 4.61. The van der Waals surface area contributed by atoms with E-state index in [1.165, 1.54) is 38.5 Å². The van der Waals surface area contributed by atoms with Gasteiger partial charge >= 0.3 is 0 Å². The molecule has 0 radical (unpaired) electrons. The molecule has 0 rings (SSSR count). The Morgan fingerprint density at radius 1 is 0.933 bits per heavy atom. The van der Waals surface area contributed by atoms with E-state index in [1.54, 1.807) is 0 Å². The summed E-state index contributed by atoms with van der Waals surface area (Å²) in [4.78, 5) is 11.2. The van der Waals surface area contributed by atoms with Crippen LogP contribution in [0.1, 0.15) is 71.6 Å². The first-order valence-corrected chi connectivity index (χ1v) is 6.89. The molecular weight excluding hydrogens is 204 g/mol. The number of hydrogen-bond donors (Lipinski definition) is 1. The Bertz CT molecular complexity index is 157. The summed E-state index contributed by atoms with van der Waals surface area (Å²) >= 11 is 3.95. The third-order valence-corrected chi connectivity index (χ3v) is 3.26. The first-order chi connectivity index (χ1) is 7.22. The highest BCUT2D eigenvalue weighted by Gasteiger charge is 2.12. The minimum absolute atomic E-state index is 0.0883. The summed E-state index contributed by atoms with van der Waals surface area (Å²) in [6.45, 7) is 4.36. The molecule has 2 heteroatoms. The number of carbonyl (C=O) groups excluding carboxylic acids is 1. The van der Waals surface area contributed by atoms with E-state index in [9.17, 15) is 4.79 Å². The Morgan fingerprint density at radius 2 is 1.53 bits per heavy atom. The average Bonchev–Trinajstić information content (AvgIpc) is 2.21. The van der Waals surface area contributed by atoms with Gasteiger partial charge in [-0.05, 0) is 12.8 Å². The molecule has 0 aliphatic rings. The van der Waals surface area contributed by atoms with Crippen LogP contribution in [0, 0.1) is 5.92 Å². The Kier molecular flexibility index (Phi) is 10.5. The summed E-state index contributed by atoms with van der Waals surface area (Å²) in [5.74, 6) is 0.213. The van der Waals surface area contributed by atoms with Gasteiger partial charge in [0.25, 0.3) is 0 Å². The number of carbonyl (C=O) groups is 1. The molecule has 0 N–H and O–H groups in total. The van der Waals surface area contributed by atoms with Crippen LogP contribution in [-0.4, -0.2) is 5.12 Å². The fourth-order valence-corrected chi connectivity index (χ4v) is 2.17. The SMILES string of the molecule is CCCCCCCCC(CCC)C(=O)S. The zero-order valence-corrected chi connectivity index (χ0v) is 11.2. The maximum atomic E-state index is 11.2. The summed E-state index contributed by atoms with van der Waals surface area (Å²) in [5, 5.41) is 0.0883. The van der Waals surface area contributed by atoms with E-state index in [0.29, 0.717) is 0 Å². The maximum Gasteiger partial charge on any atom is 0.188 e. The standard InChI is InChI=1S/C13H26OS/c1-3-5-6-7-8-9-11-12(10-4-2)13(14)15/h12H,3-11H2,1-2H3,(H,14,15). The molecule has 0 aliphatic carbocycles. The van der Waals surface area contributed by atoms with E-state index < -0.39 is 0 Å². The van der Waals surface area contributed by atoms with E-state index in [0.717, 1.165) is 19.3 Å². The third kappa shape index (κ3) is 8.98. The quantitative estimate of drug-likeness (QED) is 0.428. The van der Waals surface area contributed by atoms with Crippen molar-refractivity contribution in [2.75, 3.05) is 0 Å². The minimum atomic E-state index is 0.0883. The van der Waals surface area contributed by atoms with Crippen molar-refractivity contribution in [3.8, 4) is 0 Å². The molecule has 0 spiro atoms. The number of rotatable bonds is 10. The summed E-state index contributed by atoms with van der Waals surface area (Å²) < 4.78 is 0. The first kappa shape index (κ1) is 15.0. The van der Waals surface area contributed by atoms with Gasteiger partial charge in [0.2, 0.25) is 0 Å². The monoisotopic (exact) mass is 230 g/mol. The van der Waals surface area contributed by atoms with Crippen molar-refractivity contribution in [3.63, 3.8) is 0 Å². The Morgan fingerprint density at radius 3 is 2.07 bits per heavy atom. The number of unbranched alkanes of at least 4 members (excludes halogenated alkanes) is 5. The second-order valence-corrected chi connectivity index (χ2v) is 4.82. The second-order valence-electron chi connectivity index (χ2n) is 4.38. The van der Waals surface area contributed by atoms with Crippen LogP contribution in [0.3, 0.4) is 0 Å². The van der Waals surface area contributed by atoms with Gasteiger partial charge in [-0.15, -0.1) is 12.6 Å².